The molecule has 34 heavy (non-hydrogen) atoms. The van der Waals surface area contributed by atoms with E-state index in [2.05, 4.69) is 74.8 Å². The van der Waals surface area contributed by atoms with Crippen molar-refractivity contribution in [1.29, 1.82) is 0 Å². The number of aromatic nitrogens is 3. The lowest BCUT2D eigenvalue weighted by Gasteiger charge is -2.34. The number of pyridine rings is 1. The predicted molar refractivity (Wildman–Crippen MR) is 137 cm³/mol. The minimum atomic E-state index is 0.825. The standard InChI is InChI=1S/C27H32N6O/c1-30-9-12-32(13-10-30)22-6-4-5-21(19-22)25-26-27(23-7-2-3-8-24(23)29-25)33(20-28-26)14-11-31-15-17-34-18-16-31/h2-8,19-20H,9-18H2,1H3. The van der Waals surface area contributed by atoms with Crippen LogP contribution < -0.4 is 4.90 Å². The summed E-state index contributed by atoms with van der Waals surface area (Å²) < 4.78 is 7.82. The molecule has 0 unspecified atom stereocenters. The van der Waals surface area contributed by atoms with Gasteiger partial charge in [-0.05, 0) is 25.2 Å². The van der Waals surface area contributed by atoms with E-state index < -0.39 is 0 Å². The first kappa shape index (κ1) is 21.5. The number of fused-ring (bicyclic) bond motifs is 3. The van der Waals surface area contributed by atoms with Gasteiger partial charge in [0.05, 0.1) is 36.3 Å². The van der Waals surface area contributed by atoms with Crippen molar-refractivity contribution in [3.8, 4) is 11.3 Å². The van der Waals surface area contributed by atoms with E-state index in [1.807, 2.05) is 6.33 Å². The second-order valence-electron chi connectivity index (χ2n) is 9.41. The first-order valence-corrected chi connectivity index (χ1v) is 12.3. The molecule has 7 nitrogen and oxygen atoms in total. The highest BCUT2D eigenvalue weighted by molar-refractivity contribution is 6.07. The number of likely N-dealkylation sites (N-methyl/N-ethyl adjacent to an activating group) is 1. The van der Waals surface area contributed by atoms with Gasteiger partial charge in [0.25, 0.3) is 0 Å². The Hall–Kier alpha value is -3.00. The molecule has 2 aromatic carbocycles. The lowest BCUT2D eigenvalue weighted by molar-refractivity contribution is 0.0365. The summed E-state index contributed by atoms with van der Waals surface area (Å²) in [6, 6.07) is 17.3. The number of hydrogen-bond donors (Lipinski definition) is 0. The van der Waals surface area contributed by atoms with Crippen molar-refractivity contribution in [2.75, 3.05) is 71.0 Å². The summed E-state index contributed by atoms with van der Waals surface area (Å²) >= 11 is 0. The molecular formula is C27H32N6O. The van der Waals surface area contributed by atoms with Gasteiger partial charge in [-0.15, -0.1) is 0 Å². The minimum Gasteiger partial charge on any atom is -0.379 e. The molecule has 2 saturated heterocycles. The molecule has 0 atom stereocenters. The van der Waals surface area contributed by atoms with E-state index in [4.69, 9.17) is 14.7 Å². The highest BCUT2D eigenvalue weighted by Gasteiger charge is 2.19. The van der Waals surface area contributed by atoms with E-state index in [9.17, 15) is 0 Å². The zero-order valence-corrected chi connectivity index (χ0v) is 19.9. The van der Waals surface area contributed by atoms with Crippen LogP contribution in [0.1, 0.15) is 0 Å². The Labute approximate surface area is 200 Å². The van der Waals surface area contributed by atoms with E-state index in [0.29, 0.717) is 0 Å². The summed E-state index contributed by atoms with van der Waals surface area (Å²) in [5.74, 6) is 0. The number of piperazine rings is 1. The van der Waals surface area contributed by atoms with Gasteiger partial charge in [0.2, 0.25) is 0 Å². The minimum absolute atomic E-state index is 0.825. The van der Waals surface area contributed by atoms with E-state index in [-0.39, 0.29) is 0 Å². The van der Waals surface area contributed by atoms with E-state index in [0.717, 1.165) is 93.2 Å². The topological polar surface area (TPSA) is 49.7 Å². The van der Waals surface area contributed by atoms with Crippen LogP contribution >= 0.6 is 0 Å². The lowest BCUT2D eigenvalue weighted by Crippen LogP contribution is -2.44. The smallest absolute Gasteiger partial charge is 0.115 e. The van der Waals surface area contributed by atoms with Gasteiger partial charge in [0.1, 0.15) is 5.52 Å². The maximum absolute atomic E-state index is 5.51. The molecule has 2 aliphatic heterocycles. The molecule has 0 bridgehead atoms. The Morgan fingerprint density at radius 1 is 0.882 bits per heavy atom. The van der Waals surface area contributed by atoms with Gasteiger partial charge in [0, 0.05) is 69.0 Å². The number of nitrogens with zero attached hydrogens (tertiary/aromatic N) is 6. The molecule has 6 rings (SSSR count). The fourth-order valence-electron chi connectivity index (χ4n) is 5.14. The van der Waals surface area contributed by atoms with Crippen molar-refractivity contribution in [3.63, 3.8) is 0 Å². The molecule has 0 amide bonds. The molecule has 4 aromatic rings. The number of hydrogen-bond acceptors (Lipinski definition) is 6. The van der Waals surface area contributed by atoms with Gasteiger partial charge < -0.3 is 19.1 Å². The molecule has 0 spiro atoms. The Balaban J connectivity index is 1.39. The number of para-hydroxylation sites is 1. The van der Waals surface area contributed by atoms with Crippen molar-refractivity contribution in [2.45, 2.75) is 6.54 Å². The molecule has 4 heterocycles. The highest BCUT2D eigenvalue weighted by Crippen LogP contribution is 2.33. The van der Waals surface area contributed by atoms with Crippen LogP contribution in [0.2, 0.25) is 0 Å². The van der Waals surface area contributed by atoms with Gasteiger partial charge >= 0.3 is 0 Å². The molecule has 0 N–H and O–H groups in total. The van der Waals surface area contributed by atoms with Crippen molar-refractivity contribution in [2.24, 2.45) is 0 Å². The Bertz CT molecular complexity index is 1290. The number of anilines is 1. The summed E-state index contributed by atoms with van der Waals surface area (Å²) in [5.41, 5.74) is 6.54. The van der Waals surface area contributed by atoms with Gasteiger partial charge in [0.15, 0.2) is 0 Å². The summed E-state index contributed by atoms with van der Waals surface area (Å²) in [5, 5.41) is 1.16. The number of morpholine rings is 1. The largest absolute Gasteiger partial charge is 0.379 e. The zero-order chi connectivity index (χ0) is 22.9. The SMILES string of the molecule is CN1CCN(c2cccc(-c3nc4ccccc4c4c3ncn4CCN3CCOCC3)c2)CC1. The van der Waals surface area contributed by atoms with Crippen LogP contribution in [0.3, 0.4) is 0 Å². The molecule has 2 fully saturated rings. The van der Waals surface area contributed by atoms with Crippen molar-refractivity contribution < 1.29 is 4.74 Å². The summed E-state index contributed by atoms with van der Waals surface area (Å²) in [7, 11) is 2.19. The molecular weight excluding hydrogens is 424 g/mol. The van der Waals surface area contributed by atoms with Gasteiger partial charge in [-0.2, -0.15) is 0 Å². The third-order valence-electron chi connectivity index (χ3n) is 7.20. The molecule has 0 radical (unpaired) electrons. The Kier molecular flexibility index (Phi) is 5.91. The van der Waals surface area contributed by atoms with Gasteiger partial charge in [-0.1, -0.05) is 30.3 Å². The van der Waals surface area contributed by atoms with Crippen molar-refractivity contribution >= 4 is 27.6 Å². The quantitative estimate of drug-likeness (QED) is 0.459. The van der Waals surface area contributed by atoms with Gasteiger partial charge in [-0.25, -0.2) is 9.97 Å². The number of benzene rings is 2. The fraction of sp³-hybridized carbons (Fsp3) is 0.407. The average Bonchev–Trinajstić information content (AvgIpc) is 3.32. The van der Waals surface area contributed by atoms with Crippen LogP contribution in [0, 0.1) is 0 Å². The van der Waals surface area contributed by atoms with Crippen LogP contribution in [-0.2, 0) is 11.3 Å². The first-order valence-electron chi connectivity index (χ1n) is 12.3. The third-order valence-corrected chi connectivity index (χ3v) is 7.20. The highest BCUT2D eigenvalue weighted by atomic mass is 16.5. The monoisotopic (exact) mass is 456 g/mol. The number of ether oxygens (including phenoxy) is 1. The van der Waals surface area contributed by atoms with Gasteiger partial charge in [-0.3, -0.25) is 4.90 Å². The summed E-state index contributed by atoms with van der Waals surface area (Å²) in [6.07, 6.45) is 1.99. The molecule has 0 saturated carbocycles. The lowest BCUT2D eigenvalue weighted by atomic mass is 10.1. The van der Waals surface area contributed by atoms with Crippen LogP contribution in [0.25, 0.3) is 33.2 Å². The van der Waals surface area contributed by atoms with Crippen LogP contribution in [0.15, 0.2) is 54.9 Å². The summed E-state index contributed by atoms with van der Waals surface area (Å²) in [4.78, 5) is 17.3. The maximum atomic E-state index is 5.51. The normalized spacial score (nSPS) is 18.2. The molecule has 2 aromatic heterocycles. The Morgan fingerprint density at radius 2 is 1.71 bits per heavy atom. The molecule has 0 aliphatic carbocycles. The first-order chi connectivity index (χ1) is 16.8. The number of rotatable bonds is 5. The van der Waals surface area contributed by atoms with Crippen LogP contribution in [0.4, 0.5) is 5.69 Å². The molecule has 7 heteroatoms. The third kappa shape index (κ3) is 4.15. The van der Waals surface area contributed by atoms with Crippen molar-refractivity contribution in [1.82, 2.24) is 24.3 Å². The van der Waals surface area contributed by atoms with E-state index in [1.165, 1.54) is 11.2 Å². The van der Waals surface area contributed by atoms with Crippen LogP contribution in [0.5, 0.6) is 0 Å². The molecule has 176 valence electrons. The Morgan fingerprint density at radius 3 is 2.56 bits per heavy atom. The zero-order valence-electron chi connectivity index (χ0n) is 19.9. The molecule has 2 aliphatic rings. The average molecular weight is 457 g/mol. The summed E-state index contributed by atoms with van der Waals surface area (Å²) in [6.45, 7) is 9.85. The van der Waals surface area contributed by atoms with E-state index >= 15 is 0 Å². The fourth-order valence-corrected chi connectivity index (χ4v) is 5.14. The van der Waals surface area contributed by atoms with Crippen molar-refractivity contribution in [3.05, 3.63) is 54.9 Å². The predicted octanol–water partition coefficient (Wildman–Crippen LogP) is 3.34. The second kappa shape index (κ2) is 9.33. The second-order valence-corrected chi connectivity index (χ2v) is 9.41. The van der Waals surface area contributed by atoms with E-state index in [1.54, 1.807) is 0 Å². The number of imidazole rings is 1. The van der Waals surface area contributed by atoms with Crippen LogP contribution in [-0.4, -0.2) is 90.4 Å². The maximum Gasteiger partial charge on any atom is 0.115 e.